The van der Waals surface area contributed by atoms with E-state index in [1.54, 1.807) is 24.3 Å². The quantitative estimate of drug-likeness (QED) is 0.385. The molecular weight excluding hydrogens is 330 g/mol. The number of carbonyl (C=O) groups excluding carboxylic acids is 1. The first-order valence-corrected chi connectivity index (χ1v) is 7.28. The standard InChI is InChI=1S/C16H11N3O4S/c20-14-7-6-12(19(22)23)8-10(14)9-13-15(21)18(16(24)17-13)11-4-2-1-3-5-11/h1-9,20H,(H,17,24). The van der Waals surface area contributed by atoms with Crippen molar-refractivity contribution in [2.75, 3.05) is 4.90 Å². The summed E-state index contributed by atoms with van der Waals surface area (Å²) in [7, 11) is 0. The van der Waals surface area contributed by atoms with Crippen LogP contribution in [0.4, 0.5) is 11.4 Å². The van der Waals surface area contributed by atoms with Crippen LogP contribution in [0.3, 0.4) is 0 Å². The van der Waals surface area contributed by atoms with Gasteiger partial charge in [-0.1, -0.05) is 18.2 Å². The molecule has 3 rings (SSSR count). The van der Waals surface area contributed by atoms with Crippen LogP contribution in [0, 0.1) is 10.1 Å². The highest BCUT2D eigenvalue weighted by Gasteiger charge is 2.32. The first-order chi connectivity index (χ1) is 11.5. The molecule has 0 unspecified atom stereocenters. The molecule has 0 atom stereocenters. The van der Waals surface area contributed by atoms with Crippen molar-refractivity contribution in [3.8, 4) is 5.75 Å². The lowest BCUT2D eigenvalue weighted by molar-refractivity contribution is -0.384. The topological polar surface area (TPSA) is 95.7 Å². The lowest BCUT2D eigenvalue weighted by Gasteiger charge is -2.13. The number of aromatic hydroxyl groups is 1. The van der Waals surface area contributed by atoms with Crippen molar-refractivity contribution in [2.24, 2.45) is 0 Å². The summed E-state index contributed by atoms with van der Waals surface area (Å²) >= 11 is 5.18. The summed E-state index contributed by atoms with van der Waals surface area (Å²) in [5.74, 6) is -0.580. The number of nitrogens with one attached hydrogen (secondary N) is 1. The highest BCUT2D eigenvalue weighted by Crippen LogP contribution is 2.27. The fraction of sp³-hybridized carbons (Fsp3) is 0. The van der Waals surface area contributed by atoms with Crippen molar-refractivity contribution in [3.05, 3.63) is 69.9 Å². The molecule has 0 aromatic heterocycles. The molecule has 0 aliphatic carbocycles. The molecule has 2 aromatic rings. The lowest BCUT2D eigenvalue weighted by atomic mass is 10.1. The highest BCUT2D eigenvalue weighted by atomic mass is 32.1. The summed E-state index contributed by atoms with van der Waals surface area (Å²) in [6.07, 6.45) is 1.33. The molecule has 7 nitrogen and oxygen atoms in total. The van der Waals surface area contributed by atoms with Gasteiger partial charge in [-0.2, -0.15) is 0 Å². The van der Waals surface area contributed by atoms with Crippen LogP contribution in [-0.2, 0) is 4.79 Å². The van der Waals surface area contributed by atoms with Crippen LogP contribution in [0.25, 0.3) is 6.08 Å². The average molecular weight is 341 g/mol. The average Bonchev–Trinajstić information content (AvgIpc) is 2.84. The molecule has 1 aliphatic heterocycles. The third-order valence-electron chi connectivity index (χ3n) is 3.41. The summed E-state index contributed by atoms with van der Waals surface area (Å²) in [5.41, 5.74) is 0.691. The molecule has 0 spiro atoms. The van der Waals surface area contributed by atoms with Gasteiger partial charge in [0.25, 0.3) is 11.6 Å². The van der Waals surface area contributed by atoms with Crippen LogP contribution in [-0.4, -0.2) is 21.0 Å². The molecule has 1 saturated heterocycles. The van der Waals surface area contributed by atoms with Gasteiger partial charge in [-0.15, -0.1) is 0 Å². The zero-order valence-electron chi connectivity index (χ0n) is 12.2. The van der Waals surface area contributed by atoms with Crippen LogP contribution < -0.4 is 10.2 Å². The van der Waals surface area contributed by atoms with Gasteiger partial charge in [0.1, 0.15) is 11.4 Å². The molecule has 1 fully saturated rings. The smallest absolute Gasteiger partial charge is 0.281 e. The second-order valence-electron chi connectivity index (χ2n) is 4.96. The number of thiocarbonyl (C=S) groups is 1. The van der Waals surface area contributed by atoms with Crippen LogP contribution in [0.15, 0.2) is 54.2 Å². The Labute approximate surface area is 142 Å². The molecule has 0 saturated carbocycles. The summed E-state index contributed by atoms with van der Waals surface area (Å²) in [6, 6.07) is 12.4. The summed E-state index contributed by atoms with van der Waals surface area (Å²) < 4.78 is 0. The molecular formula is C16H11N3O4S. The zero-order valence-corrected chi connectivity index (χ0v) is 13.0. The van der Waals surface area contributed by atoms with E-state index in [4.69, 9.17) is 12.2 Å². The Hall–Kier alpha value is -3.26. The van der Waals surface area contributed by atoms with E-state index in [0.717, 1.165) is 0 Å². The lowest BCUT2D eigenvalue weighted by Crippen LogP contribution is -2.30. The largest absolute Gasteiger partial charge is 0.507 e. The van der Waals surface area contributed by atoms with Gasteiger partial charge in [0.2, 0.25) is 0 Å². The summed E-state index contributed by atoms with van der Waals surface area (Å²) in [6.45, 7) is 0. The highest BCUT2D eigenvalue weighted by molar-refractivity contribution is 7.80. The Morgan fingerprint density at radius 2 is 1.92 bits per heavy atom. The molecule has 0 radical (unpaired) electrons. The first kappa shape index (κ1) is 15.6. The van der Waals surface area contributed by atoms with Crippen molar-refractivity contribution >= 4 is 40.7 Å². The number of hydrogen-bond acceptors (Lipinski definition) is 5. The Morgan fingerprint density at radius 1 is 1.21 bits per heavy atom. The van der Waals surface area contributed by atoms with E-state index in [2.05, 4.69) is 5.32 Å². The van der Waals surface area contributed by atoms with Gasteiger partial charge in [0, 0.05) is 17.7 Å². The van der Waals surface area contributed by atoms with Gasteiger partial charge in [-0.05, 0) is 36.5 Å². The van der Waals surface area contributed by atoms with Crippen LogP contribution in [0.1, 0.15) is 5.56 Å². The number of rotatable bonds is 3. The molecule has 2 N–H and O–H groups in total. The number of amides is 1. The predicted octanol–water partition coefficient (Wildman–Crippen LogP) is 2.56. The number of nitrogens with zero attached hydrogens (tertiary/aromatic N) is 2. The van der Waals surface area contributed by atoms with E-state index in [-0.39, 0.29) is 27.8 Å². The number of non-ortho nitro benzene ring substituents is 1. The number of phenolic OH excluding ortho intramolecular Hbond substituents is 1. The number of nitro groups is 1. The minimum Gasteiger partial charge on any atom is -0.507 e. The first-order valence-electron chi connectivity index (χ1n) is 6.87. The van der Waals surface area contributed by atoms with Gasteiger partial charge in [0.05, 0.1) is 10.6 Å². The van der Waals surface area contributed by atoms with Crippen molar-refractivity contribution < 1.29 is 14.8 Å². The van der Waals surface area contributed by atoms with E-state index in [1.165, 1.54) is 29.2 Å². The Kier molecular flexibility index (Phi) is 3.97. The van der Waals surface area contributed by atoms with E-state index in [9.17, 15) is 20.0 Å². The minimum absolute atomic E-state index is 0.125. The number of benzene rings is 2. The predicted molar refractivity (Wildman–Crippen MR) is 92.4 cm³/mol. The maximum absolute atomic E-state index is 12.5. The maximum Gasteiger partial charge on any atom is 0.281 e. The Morgan fingerprint density at radius 3 is 2.58 bits per heavy atom. The SMILES string of the molecule is O=C1C(=Cc2cc([N+](=O)[O-])ccc2O)NC(=S)N1c1ccccc1. The molecule has 1 amide bonds. The summed E-state index contributed by atoms with van der Waals surface area (Å²) in [4.78, 5) is 24.1. The third-order valence-corrected chi connectivity index (χ3v) is 3.70. The number of anilines is 1. The number of carbonyl (C=O) groups is 1. The molecule has 8 heteroatoms. The van der Waals surface area contributed by atoms with Gasteiger partial charge in [-0.3, -0.25) is 19.8 Å². The number of phenols is 1. The molecule has 24 heavy (non-hydrogen) atoms. The van der Waals surface area contributed by atoms with Crippen molar-refractivity contribution in [1.82, 2.24) is 5.32 Å². The monoisotopic (exact) mass is 341 g/mol. The van der Waals surface area contributed by atoms with Crippen molar-refractivity contribution in [3.63, 3.8) is 0 Å². The molecule has 120 valence electrons. The van der Waals surface area contributed by atoms with Gasteiger partial charge < -0.3 is 10.4 Å². The second-order valence-corrected chi connectivity index (χ2v) is 5.35. The minimum atomic E-state index is -0.577. The third kappa shape index (κ3) is 2.82. The molecule has 2 aromatic carbocycles. The molecule has 0 bridgehead atoms. The second kappa shape index (κ2) is 6.09. The van der Waals surface area contributed by atoms with Crippen molar-refractivity contribution in [2.45, 2.75) is 0 Å². The van der Waals surface area contributed by atoms with E-state index < -0.39 is 10.8 Å². The van der Waals surface area contributed by atoms with Gasteiger partial charge in [-0.25, -0.2) is 0 Å². The van der Waals surface area contributed by atoms with E-state index in [1.807, 2.05) is 6.07 Å². The van der Waals surface area contributed by atoms with Crippen LogP contribution in [0.5, 0.6) is 5.75 Å². The van der Waals surface area contributed by atoms with Crippen molar-refractivity contribution in [1.29, 1.82) is 0 Å². The van der Waals surface area contributed by atoms with Gasteiger partial charge in [0.15, 0.2) is 5.11 Å². The van der Waals surface area contributed by atoms with Crippen LogP contribution >= 0.6 is 12.2 Å². The Balaban J connectivity index is 1.98. The number of nitro benzene ring substituents is 1. The normalized spacial score (nSPS) is 15.7. The fourth-order valence-electron chi connectivity index (χ4n) is 2.27. The number of para-hydroxylation sites is 1. The molecule has 1 heterocycles. The van der Waals surface area contributed by atoms with Crippen LogP contribution in [0.2, 0.25) is 0 Å². The number of hydrogen-bond donors (Lipinski definition) is 2. The molecule has 1 aliphatic rings. The maximum atomic E-state index is 12.5. The van der Waals surface area contributed by atoms with E-state index >= 15 is 0 Å². The fourth-order valence-corrected chi connectivity index (χ4v) is 2.57. The van der Waals surface area contributed by atoms with E-state index in [0.29, 0.717) is 5.69 Å². The Bertz CT molecular complexity index is 880. The van der Waals surface area contributed by atoms with Gasteiger partial charge >= 0.3 is 0 Å². The zero-order chi connectivity index (χ0) is 17.3. The summed E-state index contributed by atoms with van der Waals surface area (Å²) in [5, 5.41) is 23.7.